The zero-order valence-electron chi connectivity index (χ0n) is 11.4. The molecule has 0 aromatic carbocycles. The summed E-state index contributed by atoms with van der Waals surface area (Å²) in [4.78, 5) is 32.0. The number of morpholine rings is 1. The van der Waals surface area contributed by atoms with Gasteiger partial charge in [0, 0.05) is 12.2 Å². The topological polar surface area (TPSA) is 95.5 Å². The molecule has 110 valence electrons. The third-order valence-electron chi connectivity index (χ3n) is 3.19. The summed E-state index contributed by atoms with van der Waals surface area (Å²) >= 11 is 1.25. The van der Waals surface area contributed by atoms with Gasteiger partial charge in [0.05, 0.1) is 31.4 Å². The number of carbonyl (C=O) groups is 1. The second-order valence-electron chi connectivity index (χ2n) is 4.46. The van der Waals surface area contributed by atoms with Crippen molar-refractivity contribution in [2.24, 2.45) is 0 Å². The number of aliphatic hydroxyl groups excluding tert-OH is 1. The van der Waals surface area contributed by atoms with Crippen LogP contribution in [0.1, 0.15) is 16.1 Å². The molecule has 2 heterocycles. The molecule has 0 aliphatic carbocycles. The van der Waals surface area contributed by atoms with Crippen molar-refractivity contribution in [3.63, 3.8) is 0 Å². The zero-order valence-corrected chi connectivity index (χ0v) is 12.2. The Hall–Kier alpha value is -1.38. The number of aromatic amines is 1. The van der Waals surface area contributed by atoms with E-state index < -0.39 is 5.69 Å². The van der Waals surface area contributed by atoms with Crippen LogP contribution in [0.3, 0.4) is 0 Å². The monoisotopic (exact) mass is 299 g/mol. The van der Waals surface area contributed by atoms with Crippen molar-refractivity contribution in [3.8, 4) is 0 Å². The number of hydrogen-bond donors (Lipinski definition) is 2. The maximum absolute atomic E-state index is 12.7. The molecule has 0 saturated carbocycles. The average Bonchev–Trinajstić information content (AvgIpc) is 2.45. The van der Waals surface area contributed by atoms with Gasteiger partial charge < -0.3 is 19.7 Å². The first kappa shape index (κ1) is 15.0. The fourth-order valence-corrected chi connectivity index (χ4v) is 2.79. The van der Waals surface area contributed by atoms with Crippen LogP contribution < -0.4 is 5.69 Å². The number of carbonyl (C=O) groups excluding carboxylic acids is 1. The standard InChI is InChI=1S/C12H17N3O4S/c1-7-9(10(20-2)14-12(18)13-7)11(17)15-3-4-19-6-8(15)5-16/h8,16H,3-6H2,1-2H3,(H,13,14,18). The number of thioether (sulfide) groups is 1. The first-order valence-corrected chi connectivity index (χ1v) is 7.45. The van der Waals surface area contributed by atoms with Crippen molar-refractivity contribution in [2.75, 3.05) is 32.6 Å². The Bertz CT molecular complexity index is 560. The molecular weight excluding hydrogens is 282 g/mol. The second-order valence-corrected chi connectivity index (χ2v) is 5.26. The van der Waals surface area contributed by atoms with Crippen LogP contribution in [0.5, 0.6) is 0 Å². The van der Waals surface area contributed by atoms with Gasteiger partial charge in [-0.05, 0) is 13.2 Å². The third kappa shape index (κ3) is 2.87. The van der Waals surface area contributed by atoms with Gasteiger partial charge in [-0.1, -0.05) is 0 Å². The first-order chi connectivity index (χ1) is 9.58. The zero-order chi connectivity index (χ0) is 14.7. The van der Waals surface area contributed by atoms with Crippen molar-refractivity contribution >= 4 is 17.7 Å². The number of aliphatic hydroxyl groups is 1. The Morgan fingerprint density at radius 1 is 1.65 bits per heavy atom. The largest absolute Gasteiger partial charge is 0.394 e. The molecule has 0 radical (unpaired) electrons. The molecule has 20 heavy (non-hydrogen) atoms. The summed E-state index contributed by atoms with van der Waals surface area (Å²) in [6, 6.07) is -0.364. The van der Waals surface area contributed by atoms with Crippen molar-refractivity contribution in [3.05, 3.63) is 21.7 Å². The van der Waals surface area contributed by atoms with Gasteiger partial charge in [0.15, 0.2) is 0 Å². The second kappa shape index (κ2) is 6.38. The molecule has 2 N–H and O–H groups in total. The van der Waals surface area contributed by atoms with Crippen LogP contribution in [0.25, 0.3) is 0 Å². The van der Waals surface area contributed by atoms with E-state index in [-0.39, 0.29) is 18.6 Å². The van der Waals surface area contributed by atoms with E-state index in [1.165, 1.54) is 11.8 Å². The highest BCUT2D eigenvalue weighted by Crippen LogP contribution is 2.21. The number of aromatic nitrogens is 2. The van der Waals surface area contributed by atoms with E-state index in [9.17, 15) is 14.7 Å². The summed E-state index contributed by atoms with van der Waals surface area (Å²) in [7, 11) is 0. The predicted molar refractivity (Wildman–Crippen MR) is 74.1 cm³/mol. The Balaban J connectivity index is 2.39. The Morgan fingerprint density at radius 2 is 2.40 bits per heavy atom. The van der Waals surface area contributed by atoms with Gasteiger partial charge in [-0.2, -0.15) is 4.98 Å². The summed E-state index contributed by atoms with van der Waals surface area (Å²) in [5.74, 6) is -0.238. The van der Waals surface area contributed by atoms with Crippen molar-refractivity contribution in [1.82, 2.24) is 14.9 Å². The van der Waals surface area contributed by atoms with E-state index in [0.717, 1.165) is 0 Å². The minimum absolute atomic E-state index is 0.157. The van der Waals surface area contributed by atoms with E-state index in [2.05, 4.69) is 9.97 Å². The van der Waals surface area contributed by atoms with E-state index in [4.69, 9.17) is 4.74 Å². The fourth-order valence-electron chi connectivity index (χ4n) is 2.18. The minimum atomic E-state index is -0.468. The Kier molecular flexibility index (Phi) is 4.79. The van der Waals surface area contributed by atoms with E-state index >= 15 is 0 Å². The molecule has 1 fully saturated rings. The predicted octanol–water partition coefficient (Wildman–Crippen LogP) is -0.366. The molecule has 0 bridgehead atoms. The number of aryl methyl sites for hydroxylation is 1. The number of nitrogens with one attached hydrogen (secondary N) is 1. The molecule has 1 unspecified atom stereocenters. The lowest BCUT2D eigenvalue weighted by atomic mass is 10.1. The fraction of sp³-hybridized carbons (Fsp3) is 0.583. The van der Waals surface area contributed by atoms with Crippen LogP contribution >= 0.6 is 11.8 Å². The summed E-state index contributed by atoms with van der Waals surface area (Å²) in [5, 5.41) is 9.75. The summed E-state index contributed by atoms with van der Waals surface area (Å²) in [6.45, 7) is 2.68. The lowest BCUT2D eigenvalue weighted by Gasteiger charge is -2.34. The molecule has 1 amide bonds. The van der Waals surface area contributed by atoms with Crippen LogP contribution in [0, 0.1) is 6.92 Å². The molecule has 1 atom stereocenters. The van der Waals surface area contributed by atoms with Gasteiger partial charge in [0.1, 0.15) is 5.03 Å². The minimum Gasteiger partial charge on any atom is -0.394 e. The molecule has 1 aliphatic rings. The smallest absolute Gasteiger partial charge is 0.346 e. The summed E-state index contributed by atoms with van der Waals surface area (Å²) in [5.41, 5.74) is 0.407. The number of ether oxygens (including phenoxy) is 1. The number of amides is 1. The van der Waals surface area contributed by atoms with Crippen molar-refractivity contribution in [1.29, 1.82) is 0 Å². The molecule has 2 rings (SSSR count). The van der Waals surface area contributed by atoms with Gasteiger partial charge in [-0.15, -0.1) is 11.8 Å². The molecule has 0 spiro atoms. The van der Waals surface area contributed by atoms with Gasteiger partial charge in [-0.25, -0.2) is 4.79 Å². The van der Waals surface area contributed by atoms with Crippen LogP contribution in [-0.2, 0) is 4.74 Å². The van der Waals surface area contributed by atoms with Crippen LogP contribution in [0.4, 0.5) is 0 Å². The van der Waals surface area contributed by atoms with Crippen LogP contribution in [0.2, 0.25) is 0 Å². The molecule has 1 aromatic heterocycles. The number of rotatable bonds is 3. The molecule has 7 nitrogen and oxygen atoms in total. The lowest BCUT2D eigenvalue weighted by Crippen LogP contribution is -2.51. The normalized spacial score (nSPS) is 19.1. The van der Waals surface area contributed by atoms with Gasteiger partial charge >= 0.3 is 5.69 Å². The quantitative estimate of drug-likeness (QED) is 0.584. The maximum Gasteiger partial charge on any atom is 0.346 e. The van der Waals surface area contributed by atoms with Gasteiger partial charge in [0.2, 0.25) is 0 Å². The van der Waals surface area contributed by atoms with E-state index in [1.54, 1.807) is 18.1 Å². The molecular formula is C12H17N3O4S. The molecule has 1 aliphatic heterocycles. The average molecular weight is 299 g/mol. The summed E-state index contributed by atoms with van der Waals surface area (Å²) in [6.07, 6.45) is 1.76. The lowest BCUT2D eigenvalue weighted by molar-refractivity contribution is -0.0186. The third-order valence-corrected chi connectivity index (χ3v) is 3.87. The highest BCUT2D eigenvalue weighted by atomic mass is 32.2. The van der Waals surface area contributed by atoms with Crippen LogP contribution in [-0.4, -0.2) is 64.5 Å². The maximum atomic E-state index is 12.7. The van der Waals surface area contributed by atoms with E-state index in [0.29, 0.717) is 36.0 Å². The van der Waals surface area contributed by atoms with Crippen LogP contribution in [0.15, 0.2) is 9.82 Å². The summed E-state index contributed by atoms with van der Waals surface area (Å²) < 4.78 is 5.26. The highest BCUT2D eigenvalue weighted by molar-refractivity contribution is 7.98. The number of hydrogen-bond acceptors (Lipinski definition) is 6. The van der Waals surface area contributed by atoms with Gasteiger partial charge in [0.25, 0.3) is 5.91 Å². The molecule has 1 saturated heterocycles. The Morgan fingerprint density at radius 3 is 3.05 bits per heavy atom. The SMILES string of the molecule is CSc1nc(=O)[nH]c(C)c1C(=O)N1CCOCC1CO. The number of nitrogens with zero attached hydrogens (tertiary/aromatic N) is 2. The molecule has 8 heteroatoms. The highest BCUT2D eigenvalue weighted by Gasteiger charge is 2.30. The van der Waals surface area contributed by atoms with Crippen molar-refractivity contribution in [2.45, 2.75) is 18.0 Å². The Labute approximate surface area is 120 Å². The van der Waals surface area contributed by atoms with Gasteiger partial charge in [-0.3, -0.25) is 4.79 Å². The first-order valence-electron chi connectivity index (χ1n) is 6.23. The van der Waals surface area contributed by atoms with Crippen molar-refractivity contribution < 1.29 is 14.6 Å². The van der Waals surface area contributed by atoms with E-state index in [1.807, 2.05) is 0 Å². The molecule has 1 aromatic rings. The number of H-pyrrole nitrogens is 1.